The summed E-state index contributed by atoms with van der Waals surface area (Å²) in [7, 11) is 0. The van der Waals surface area contributed by atoms with E-state index >= 15 is 0 Å². The van der Waals surface area contributed by atoms with Gasteiger partial charge in [-0.25, -0.2) is 0 Å². The molecule has 2 atom stereocenters. The molecule has 3 fully saturated rings. The van der Waals surface area contributed by atoms with Crippen LogP contribution in [0, 0.1) is 35.0 Å². The van der Waals surface area contributed by atoms with Gasteiger partial charge in [0.25, 0.3) is 0 Å². The molecule has 172 valence electrons. The lowest BCUT2D eigenvalue weighted by molar-refractivity contribution is -0.162. The van der Waals surface area contributed by atoms with Gasteiger partial charge >= 0.3 is 5.97 Å². The van der Waals surface area contributed by atoms with Gasteiger partial charge in [0, 0.05) is 6.42 Å². The number of carbonyl (C=O) groups is 2. The van der Waals surface area contributed by atoms with Crippen molar-refractivity contribution in [3.05, 3.63) is 0 Å². The van der Waals surface area contributed by atoms with Crippen molar-refractivity contribution in [2.45, 2.75) is 117 Å². The fourth-order valence-electron chi connectivity index (χ4n) is 6.68. The number of hydrogen-bond acceptors (Lipinski definition) is 3. The summed E-state index contributed by atoms with van der Waals surface area (Å²) in [6, 6.07) is 0. The van der Waals surface area contributed by atoms with Crippen molar-refractivity contribution >= 4 is 11.8 Å². The van der Waals surface area contributed by atoms with E-state index in [4.69, 9.17) is 4.74 Å². The third-order valence-electron chi connectivity index (χ3n) is 8.97. The second-order valence-electron chi connectivity index (χ2n) is 11.0. The lowest BCUT2D eigenvalue weighted by atomic mass is 9.62. The van der Waals surface area contributed by atoms with Gasteiger partial charge in [0.05, 0.1) is 6.61 Å². The van der Waals surface area contributed by atoms with E-state index in [2.05, 4.69) is 6.92 Å². The van der Waals surface area contributed by atoms with Gasteiger partial charge in [-0.2, -0.15) is 0 Å². The van der Waals surface area contributed by atoms with Crippen LogP contribution in [-0.2, 0) is 14.3 Å². The Kier molecular flexibility index (Phi) is 8.83. The van der Waals surface area contributed by atoms with Crippen molar-refractivity contribution in [3.8, 4) is 0 Å². The summed E-state index contributed by atoms with van der Waals surface area (Å²) in [6.45, 7) is 6.54. The van der Waals surface area contributed by atoms with Crippen LogP contribution in [0.2, 0.25) is 0 Å². The van der Waals surface area contributed by atoms with Crippen molar-refractivity contribution in [2.75, 3.05) is 6.61 Å². The Hall–Kier alpha value is -0.860. The lowest BCUT2D eigenvalue weighted by Crippen LogP contribution is -2.44. The SMILES string of the molecule is CCCCC1CCC(C2CCC(C3CC[C@](C)(C(=O)OCCC)C(=O)C3)CC2)CC1. The molecule has 3 saturated carbocycles. The molecule has 0 bridgehead atoms. The summed E-state index contributed by atoms with van der Waals surface area (Å²) in [5.74, 6) is 3.94. The van der Waals surface area contributed by atoms with E-state index in [1.165, 1.54) is 70.6 Å². The van der Waals surface area contributed by atoms with Crippen molar-refractivity contribution in [1.29, 1.82) is 0 Å². The van der Waals surface area contributed by atoms with Crippen LogP contribution >= 0.6 is 0 Å². The fourth-order valence-corrected chi connectivity index (χ4v) is 6.68. The highest BCUT2D eigenvalue weighted by Gasteiger charge is 2.47. The largest absolute Gasteiger partial charge is 0.465 e. The predicted molar refractivity (Wildman–Crippen MR) is 122 cm³/mol. The maximum Gasteiger partial charge on any atom is 0.319 e. The lowest BCUT2D eigenvalue weighted by Gasteiger charge is -2.42. The molecule has 0 saturated heterocycles. The van der Waals surface area contributed by atoms with E-state index in [-0.39, 0.29) is 11.8 Å². The molecule has 3 rings (SSSR count). The highest BCUT2D eigenvalue weighted by atomic mass is 16.5. The Morgan fingerprint density at radius 2 is 1.43 bits per heavy atom. The van der Waals surface area contributed by atoms with Crippen molar-refractivity contribution in [3.63, 3.8) is 0 Å². The van der Waals surface area contributed by atoms with Gasteiger partial charge in [0.2, 0.25) is 0 Å². The van der Waals surface area contributed by atoms with E-state index in [9.17, 15) is 9.59 Å². The number of rotatable bonds is 8. The first kappa shape index (κ1) is 23.8. The zero-order valence-corrected chi connectivity index (χ0v) is 19.9. The van der Waals surface area contributed by atoms with Crippen molar-refractivity contribution in [2.24, 2.45) is 35.0 Å². The molecule has 30 heavy (non-hydrogen) atoms. The van der Waals surface area contributed by atoms with E-state index < -0.39 is 5.41 Å². The van der Waals surface area contributed by atoms with Crippen LogP contribution in [0.1, 0.15) is 117 Å². The minimum Gasteiger partial charge on any atom is -0.465 e. The Balaban J connectivity index is 1.42. The molecule has 3 aliphatic carbocycles. The summed E-state index contributed by atoms with van der Waals surface area (Å²) in [4.78, 5) is 25.3. The Morgan fingerprint density at radius 3 is 1.97 bits per heavy atom. The molecular weight excluding hydrogens is 372 g/mol. The Labute approximate surface area is 185 Å². The normalized spacial score (nSPS) is 37.7. The number of hydrogen-bond donors (Lipinski definition) is 0. The average Bonchev–Trinajstić information content (AvgIpc) is 2.78. The van der Waals surface area contributed by atoms with Gasteiger partial charge < -0.3 is 4.74 Å². The van der Waals surface area contributed by atoms with E-state index in [1.807, 2.05) is 13.8 Å². The zero-order valence-electron chi connectivity index (χ0n) is 19.9. The first-order valence-corrected chi connectivity index (χ1v) is 13.2. The molecule has 0 heterocycles. The second kappa shape index (κ2) is 11.1. The smallest absolute Gasteiger partial charge is 0.319 e. The minimum atomic E-state index is -0.890. The summed E-state index contributed by atoms with van der Waals surface area (Å²) in [5.41, 5.74) is -0.890. The quantitative estimate of drug-likeness (QED) is 0.311. The standard InChI is InChI=1S/C27H46O3/c1-4-6-7-20-8-10-21(11-9-20)22-12-14-23(15-13-22)24-16-17-27(3,25(28)19-24)26(29)30-18-5-2/h20-24H,4-19H2,1-3H3/t20?,21?,22?,23?,24?,27-/m0/s1. The molecule has 1 unspecified atom stereocenters. The first-order chi connectivity index (χ1) is 14.5. The van der Waals surface area contributed by atoms with E-state index in [0.717, 1.165) is 30.6 Å². The monoisotopic (exact) mass is 418 g/mol. The summed E-state index contributed by atoms with van der Waals surface area (Å²) < 4.78 is 5.34. The van der Waals surface area contributed by atoms with Crippen molar-refractivity contribution < 1.29 is 14.3 Å². The highest BCUT2D eigenvalue weighted by Crippen LogP contribution is 2.47. The van der Waals surface area contributed by atoms with Crippen LogP contribution in [0.4, 0.5) is 0 Å². The maximum absolute atomic E-state index is 12.9. The van der Waals surface area contributed by atoms with E-state index in [1.54, 1.807) is 0 Å². The number of carbonyl (C=O) groups excluding carboxylic acids is 2. The van der Waals surface area contributed by atoms with Crippen LogP contribution in [0.15, 0.2) is 0 Å². The molecule has 0 aromatic heterocycles. The molecule has 0 spiro atoms. The fraction of sp³-hybridized carbons (Fsp3) is 0.926. The molecule has 3 aliphatic rings. The molecule has 0 N–H and O–H groups in total. The van der Waals surface area contributed by atoms with Crippen LogP contribution in [0.3, 0.4) is 0 Å². The number of ether oxygens (including phenoxy) is 1. The molecule has 0 amide bonds. The van der Waals surface area contributed by atoms with Crippen LogP contribution in [0.5, 0.6) is 0 Å². The molecule has 0 aromatic rings. The molecule has 3 nitrogen and oxygen atoms in total. The summed E-state index contributed by atoms with van der Waals surface area (Å²) in [6.07, 6.45) is 18.5. The molecule has 0 aromatic carbocycles. The van der Waals surface area contributed by atoms with Crippen molar-refractivity contribution in [1.82, 2.24) is 0 Å². The highest BCUT2D eigenvalue weighted by molar-refractivity contribution is 6.04. The third kappa shape index (κ3) is 5.68. The van der Waals surface area contributed by atoms with Gasteiger partial charge in [-0.15, -0.1) is 0 Å². The summed E-state index contributed by atoms with van der Waals surface area (Å²) in [5, 5.41) is 0. The molecule has 0 radical (unpaired) electrons. The number of Topliss-reactive ketones (excluding diaryl/α,β-unsaturated/α-hetero) is 1. The average molecular weight is 419 g/mol. The topological polar surface area (TPSA) is 43.4 Å². The number of unbranched alkanes of at least 4 members (excludes halogenated alkanes) is 1. The van der Waals surface area contributed by atoms with E-state index in [0.29, 0.717) is 31.3 Å². The Bertz CT molecular complexity index is 554. The number of esters is 1. The second-order valence-corrected chi connectivity index (χ2v) is 11.0. The zero-order chi connectivity index (χ0) is 21.6. The summed E-state index contributed by atoms with van der Waals surface area (Å²) >= 11 is 0. The maximum atomic E-state index is 12.9. The Morgan fingerprint density at radius 1 is 0.867 bits per heavy atom. The van der Waals surface area contributed by atoms with Crippen LogP contribution in [-0.4, -0.2) is 18.4 Å². The third-order valence-corrected chi connectivity index (χ3v) is 8.97. The van der Waals surface area contributed by atoms with Gasteiger partial charge in [-0.3, -0.25) is 9.59 Å². The van der Waals surface area contributed by atoms with Gasteiger partial charge in [0.15, 0.2) is 0 Å². The number of ketones is 1. The van der Waals surface area contributed by atoms with Gasteiger partial charge in [0.1, 0.15) is 11.2 Å². The van der Waals surface area contributed by atoms with Gasteiger partial charge in [-0.1, -0.05) is 46.0 Å². The van der Waals surface area contributed by atoms with Crippen LogP contribution < -0.4 is 0 Å². The minimum absolute atomic E-state index is 0.132. The molecule has 3 heteroatoms. The molecule has 0 aliphatic heterocycles. The van der Waals surface area contributed by atoms with Crippen LogP contribution in [0.25, 0.3) is 0 Å². The molecular formula is C27H46O3. The van der Waals surface area contributed by atoms with Gasteiger partial charge in [-0.05, 0) is 94.3 Å². The first-order valence-electron chi connectivity index (χ1n) is 13.2. The predicted octanol–water partition coefficient (Wildman–Crippen LogP) is 7.12.